The van der Waals surface area contributed by atoms with Gasteiger partial charge in [-0.15, -0.1) is 0 Å². The predicted molar refractivity (Wildman–Crippen MR) is 79.1 cm³/mol. The minimum Gasteiger partial charge on any atom is -0.478 e. The van der Waals surface area contributed by atoms with Crippen LogP contribution in [0.3, 0.4) is 0 Å². The lowest BCUT2D eigenvalue weighted by atomic mass is 10.0. The van der Waals surface area contributed by atoms with Crippen molar-refractivity contribution in [3.05, 3.63) is 60.2 Å². The van der Waals surface area contributed by atoms with Crippen LogP contribution in [0.4, 0.5) is 4.39 Å². The minimum atomic E-state index is -5.46. The lowest BCUT2D eigenvalue weighted by Crippen LogP contribution is -2.35. The van der Waals surface area contributed by atoms with Crippen molar-refractivity contribution in [2.24, 2.45) is 0 Å². The Bertz CT molecular complexity index is 728. The number of carboxylic acids is 1. The van der Waals surface area contributed by atoms with Crippen LogP contribution in [0.2, 0.25) is 0 Å². The average Bonchev–Trinajstić information content (AvgIpc) is 2.47. The van der Waals surface area contributed by atoms with Gasteiger partial charge in [-0.3, -0.25) is 4.57 Å². The highest BCUT2D eigenvalue weighted by Gasteiger charge is 2.55. The van der Waals surface area contributed by atoms with Crippen molar-refractivity contribution in [1.29, 1.82) is 0 Å². The van der Waals surface area contributed by atoms with Crippen molar-refractivity contribution >= 4 is 13.6 Å². The molecule has 0 amide bonds. The monoisotopic (exact) mass is 324 g/mol. The molecule has 2 aromatic carbocycles. The van der Waals surface area contributed by atoms with Gasteiger partial charge in [-0.2, -0.15) is 0 Å². The Morgan fingerprint density at radius 3 is 2.18 bits per heavy atom. The Hall–Kier alpha value is -2.01. The third-order valence-corrected chi connectivity index (χ3v) is 4.53. The molecular formula is C15H14FO5P. The first-order chi connectivity index (χ1) is 10.2. The quantitative estimate of drug-likeness (QED) is 0.735. The number of carbonyl (C=O) groups is 1. The zero-order chi connectivity index (χ0) is 16.4. The molecule has 1 unspecified atom stereocenters. The lowest BCUT2D eigenvalue weighted by Gasteiger charge is -2.21. The van der Waals surface area contributed by atoms with Crippen molar-refractivity contribution in [3.8, 4) is 11.1 Å². The number of rotatable bonds is 5. The van der Waals surface area contributed by atoms with Crippen molar-refractivity contribution < 1.29 is 28.6 Å². The van der Waals surface area contributed by atoms with E-state index in [0.29, 0.717) is 5.56 Å². The summed E-state index contributed by atoms with van der Waals surface area (Å²) in [5.41, 5.74) is 1.73. The third-order valence-electron chi connectivity index (χ3n) is 3.26. The van der Waals surface area contributed by atoms with Gasteiger partial charge >= 0.3 is 19.0 Å². The van der Waals surface area contributed by atoms with E-state index in [4.69, 9.17) is 14.9 Å². The number of carboxylic acid groups (broad SMARTS) is 1. The van der Waals surface area contributed by atoms with Gasteiger partial charge in [0.1, 0.15) is 0 Å². The van der Waals surface area contributed by atoms with Crippen LogP contribution < -0.4 is 0 Å². The molecule has 0 heterocycles. The molecule has 0 aliphatic rings. The van der Waals surface area contributed by atoms with Gasteiger partial charge in [-0.25, -0.2) is 9.18 Å². The van der Waals surface area contributed by atoms with Gasteiger partial charge in [0.05, 0.1) is 0 Å². The topological polar surface area (TPSA) is 94.8 Å². The molecule has 0 radical (unpaired) electrons. The number of benzene rings is 2. The van der Waals surface area contributed by atoms with E-state index in [-0.39, 0.29) is 5.56 Å². The Morgan fingerprint density at radius 2 is 1.64 bits per heavy atom. The van der Waals surface area contributed by atoms with E-state index in [1.165, 1.54) is 12.1 Å². The second-order valence-corrected chi connectivity index (χ2v) is 6.65. The Kier molecular flexibility index (Phi) is 4.47. The van der Waals surface area contributed by atoms with Crippen LogP contribution in [-0.2, 0) is 15.8 Å². The number of halogens is 1. The van der Waals surface area contributed by atoms with Crippen molar-refractivity contribution in [1.82, 2.24) is 0 Å². The highest BCUT2D eigenvalue weighted by molar-refractivity contribution is 7.54. The van der Waals surface area contributed by atoms with Crippen LogP contribution in [0.25, 0.3) is 11.1 Å². The third kappa shape index (κ3) is 3.25. The molecular weight excluding hydrogens is 310 g/mol. The summed E-state index contributed by atoms with van der Waals surface area (Å²) in [5.74, 6) is -2.18. The number of hydrogen-bond acceptors (Lipinski definition) is 2. The molecule has 0 aliphatic heterocycles. The molecule has 0 spiro atoms. The maximum absolute atomic E-state index is 14.3. The van der Waals surface area contributed by atoms with Gasteiger partial charge in [0, 0.05) is 6.42 Å². The summed E-state index contributed by atoms with van der Waals surface area (Å²) in [6.45, 7) is 0. The van der Waals surface area contributed by atoms with Crippen molar-refractivity contribution in [2.75, 3.05) is 0 Å². The molecule has 2 rings (SSSR count). The highest BCUT2D eigenvalue weighted by atomic mass is 31.2. The molecule has 5 nitrogen and oxygen atoms in total. The second kappa shape index (κ2) is 6.01. The first-order valence-corrected chi connectivity index (χ1v) is 7.97. The molecule has 3 N–H and O–H groups in total. The number of aliphatic carboxylic acids is 1. The fourth-order valence-electron chi connectivity index (χ4n) is 2.07. The maximum atomic E-state index is 14.3. The molecule has 2 aromatic rings. The van der Waals surface area contributed by atoms with Crippen molar-refractivity contribution in [3.63, 3.8) is 0 Å². The average molecular weight is 324 g/mol. The summed E-state index contributed by atoms with van der Waals surface area (Å²) >= 11 is 0. The van der Waals surface area contributed by atoms with E-state index in [9.17, 15) is 13.8 Å². The van der Waals surface area contributed by atoms with E-state index in [1.807, 2.05) is 30.3 Å². The Balaban J connectivity index is 2.39. The molecule has 0 bridgehead atoms. The number of alkyl halides is 1. The van der Waals surface area contributed by atoms with Crippen LogP contribution in [0.15, 0.2) is 54.6 Å². The van der Waals surface area contributed by atoms with Crippen LogP contribution in [0.5, 0.6) is 0 Å². The summed E-state index contributed by atoms with van der Waals surface area (Å²) in [6, 6.07) is 15.4. The van der Waals surface area contributed by atoms with Crippen LogP contribution in [-0.4, -0.2) is 26.3 Å². The van der Waals surface area contributed by atoms with E-state index in [1.54, 1.807) is 12.1 Å². The SMILES string of the molecule is O=C(O)C(F)(Cc1cccc(-c2ccccc2)c1)P(=O)(O)O. The molecule has 0 aliphatic carbocycles. The molecule has 0 fully saturated rings. The Morgan fingerprint density at radius 1 is 1.05 bits per heavy atom. The lowest BCUT2D eigenvalue weighted by molar-refractivity contribution is -0.146. The molecule has 0 aromatic heterocycles. The Labute approximate surface area is 126 Å². The van der Waals surface area contributed by atoms with Gasteiger partial charge in [-0.1, -0.05) is 54.6 Å². The van der Waals surface area contributed by atoms with Crippen LogP contribution in [0.1, 0.15) is 5.56 Å². The van der Waals surface area contributed by atoms with Gasteiger partial charge in [-0.05, 0) is 16.7 Å². The highest BCUT2D eigenvalue weighted by Crippen LogP contribution is 2.53. The molecule has 22 heavy (non-hydrogen) atoms. The fourth-order valence-corrected chi connectivity index (χ4v) is 2.70. The molecule has 0 saturated heterocycles. The summed E-state index contributed by atoms with van der Waals surface area (Å²) in [6.07, 6.45) is -0.909. The van der Waals surface area contributed by atoms with E-state index in [2.05, 4.69) is 0 Å². The van der Waals surface area contributed by atoms with Crippen LogP contribution in [0, 0.1) is 0 Å². The number of hydrogen-bond donors (Lipinski definition) is 3. The van der Waals surface area contributed by atoms with E-state index < -0.39 is 25.4 Å². The smallest absolute Gasteiger partial charge is 0.374 e. The van der Waals surface area contributed by atoms with Crippen molar-refractivity contribution in [2.45, 2.75) is 11.8 Å². The standard InChI is InChI=1S/C15H14FO5P/c16-15(14(17)18,22(19,20)21)10-11-5-4-8-13(9-11)12-6-2-1-3-7-12/h1-9H,10H2,(H,17,18)(H2,19,20,21). The first-order valence-electron chi connectivity index (χ1n) is 6.36. The molecule has 1 atom stereocenters. The van der Waals surface area contributed by atoms with Crippen LogP contribution >= 0.6 is 7.60 Å². The minimum absolute atomic E-state index is 0.189. The van der Waals surface area contributed by atoms with E-state index in [0.717, 1.165) is 5.56 Å². The second-order valence-electron chi connectivity index (χ2n) is 4.85. The summed E-state index contributed by atoms with van der Waals surface area (Å²) < 4.78 is 25.5. The molecule has 7 heteroatoms. The largest absolute Gasteiger partial charge is 0.478 e. The van der Waals surface area contributed by atoms with Gasteiger partial charge in [0.25, 0.3) is 0 Å². The van der Waals surface area contributed by atoms with Gasteiger partial charge < -0.3 is 14.9 Å². The first kappa shape index (κ1) is 16.4. The normalized spacial score (nSPS) is 14.3. The zero-order valence-electron chi connectivity index (χ0n) is 11.4. The zero-order valence-corrected chi connectivity index (χ0v) is 12.3. The van der Waals surface area contributed by atoms with Gasteiger partial charge in [0.15, 0.2) is 0 Å². The summed E-state index contributed by atoms with van der Waals surface area (Å²) in [5, 5.41) is 5.21. The summed E-state index contributed by atoms with van der Waals surface area (Å²) in [7, 11) is -5.46. The van der Waals surface area contributed by atoms with Gasteiger partial charge in [0.2, 0.25) is 0 Å². The maximum Gasteiger partial charge on any atom is 0.374 e. The van der Waals surface area contributed by atoms with E-state index >= 15 is 0 Å². The fraction of sp³-hybridized carbons (Fsp3) is 0.133. The molecule has 116 valence electrons. The predicted octanol–water partition coefficient (Wildman–Crippen LogP) is 2.82. The summed E-state index contributed by atoms with van der Waals surface area (Å²) in [4.78, 5) is 29.0. The molecule has 0 saturated carbocycles.